The molecule has 37 heavy (non-hydrogen) atoms. The summed E-state index contributed by atoms with van der Waals surface area (Å²) in [6.45, 7) is 2.84. The predicted molar refractivity (Wildman–Crippen MR) is 148 cm³/mol. The van der Waals surface area contributed by atoms with Crippen LogP contribution in [0.4, 0.5) is 11.4 Å². The summed E-state index contributed by atoms with van der Waals surface area (Å²) < 4.78 is 10.8. The number of para-hydroxylation sites is 2. The van der Waals surface area contributed by atoms with Gasteiger partial charge >= 0.3 is 0 Å². The Morgan fingerprint density at radius 2 is 1.41 bits per heavy atom. The van der Waals surface area contributed by atoms with E-state index in [1.54, 1.807) is 32.4 Å². The summed E-state index contributed by atoms with van der Waals surface area (Å²) in [5.74, 6) is 1.05. The van der Waals surface area contributed by atoms with Crippen molar-refractivity contribution >= 4 is 23.0 Å². The summed E-state index contributed by atoms with van der Waals surface area (Å²) in [5.41, 5.74) is 8.55. The first kappa shape index (κ1) is 22.9. The Kier molecular flexibility index (Phi) is 5.68. The lowest BCUT2D eigenvalue weighted by atomic mass is 9.91. The molecule has 0 bridgehead atoms. The van der Waals surface area contributed by atoms with Crippen molar-refractivity contribution in [3.05, 3.63) is 114 Å². The highest BCUT2D eigenvalue weighted by Crippen LogP contribution is 2.45. The molecule has 0 radical (unpaired) electrons. The molecule has 0 saturated heterocycles. The third-order valence-electron chi connectivity index (χ3n) is 7.22. The number of carbonyl (C=O) groups excluding carboxylic acids is 1. The van der Waals surface area contributed by atoms with E-state index in [-0.39, 0.29) is 11.9 Å². The van der Waals surface area contributed by atoms with Gasteiger partial charge in [-0.1, -0.05) is 60.7 Å². The molecule has 6 rings (SSSR count). The van der Waals surface area contributed by atoms with E-state index in [1.165, 1.54) is 22.4 Å². The zero-order chi connectivity index (χ0) is 25.5. The van der Waals surface area contributed by atoms with Gasteiger partial charge in [0.15, 0.2) is 11.5 Å². The Hall–Kier alpha value is -4.51. The third kappa shape index (κ3) is 3.75. The van der Waals surface area contributed by atoms with E-state index in [0.717, 1.165) is 23.5 Å². The molecule has 0 aromatic heterocycles. The van der Waals surface area contributed by atoms with Crippen LogP contribution in [0.3, 0.4) is 0 Å². The van der Waals surface area contributed by atoms with E-state index in [1.807, 2.05) is 23.1 Å². The average Bonchev–Trinajstić information content (AvgIpc) is 2.95. The van der Waals surface area contributed by atoms with Crippen molar-refractivity contribution < 1.29 is 14.3 Å². The molecule has 2 aliphatic heterocycles. The van der Waals surface area contributed by atoms with Crippen molar-refractivity contribution in [3.63, 3.8) is 0 Å². The summed E-state index contributed by atoms with van der Waals surface area (Å²) >= 11 is 0. The van der Waals surface area contributed by atoms with Gasteiger partial charge in [0, 0.05) is 34.6 Å². The van der Waals surface area contributed by atoms with Crippen molar-refractivity contribution in [3.8, 4) is 22.6 Å². The molecule has 1 atom stereocenters. The quantitative estimate of drug-likeness (QED) is 0.318. The highest BCUT2D eigenvalue weighted by atomic mass is 16.5. The fourth-order valence-corrected chi connectivity index (χ4v) is 5.48. The molecule has 5 nitrogen and oxygen atoms in total. The lowest BCUT2D eigenvalue weighted by Crippen LogP contribution is -2.42. The lowest BCUT2D eigenvalue weighted by Gasteiger charge is -2.40. The standard InChI is InChI=1S/C32H28N2O3/c1-21-18-29(33-20-23-10-4-5-11-24(23)25-12-6-8-14-27(25)33)26-13-7-9-15-28(26)34(21)32(35)22-16-17-30(36-2)31(19-22)37-3/h4-19,21H,20H2,1-3H3. The smallest absolute Gasteiger partial charge is 0.258 e. The number of methoxy groups -OCH3 is 2. The number of anilines is 2. The van der Waals surface area contributed by atoms with Crippen LogP contribution in [-0.2, 0) is 6.54 Å². The number of ether oxygens (including phenoxy) is 2. The molecule has 0 aliphatic carbocycles. The van der Waals surface area contributed by atoms with Crippen LogP contribution in [0, 0.1) is 0 Å². The second kappa shape index (κ2) is 9.17. The van der Waals surface area contributed by atoms with Gasteiger partial charge in [-0.25, -0.2) is 0 Å². The number of nitrogens with zero attached hydrogens (tertiary/aromatic N) is 2. The SMILES string of the molecule is COc1ccc(C(=O)N2c3ccccc3C(N3Cc4ccccc4-c4ccccc43)=CC2C)cc1OC. The van der Waals surface area contributed by atoms with Crippen molar-refractivity contribution in [2.45, 2.75) is 19.5 Å². The molecule has 184 valence electrons. The van der Waals surface area contributed by atoms with E-state index in [9.17, 15) is 4.79 Å². The van der Waals surface area contributed by atoms with Gasteiger partial charge in [0.1, 0.15) is 0 Å². The maximum atomic E-state index is 13.9. The van der Waals surface area contributed by atoms with E-state index in [4.69, 9.17) is 9.47 Å². The van der Waals surface area contributed by atoms with Crippen LogP contribution in [0.5, 0.6) is 11.5 Å². The van der Waals surface area contributed by atoms with Gasteiger partial charge in [-0.05, 0) is 54.5 Å². The lowest BCUT2D eigenvalue weighted by molar-refractivity contribution is 0.0982. The molecule has 1 unspecified atom stereocenters. The Morgan fingerprint density at radius 3 is 2.16 bits per heavy atom. The van der Waals surface area contributed by atoms with E-state index >= 15 is 0 Å². The van der Waals surface area contributed by atoms with Crippen molar-refractivity contribution in [2.75, 3.05) is 24.0 Å². The number of amides is 1. The van der Waals surface area contributed by atoms with Gasteiger partial charge in [-0.3, -0.25) is 4.79 Å². The highest BCUT2D eigenvalue weighted by Gasteiger charge is 2.33. The molecule has 0 N–H and O–H groups in total. The Balaban J connectivity index is 1.44. The number of rotatable bonds is 4. The maximum Gasteiger partial charge on any atom is 0.258 e. The fourth-order valence-electron chi connectivity index (χ4n) is 5.48. The summed E-state index contributed by atoms with van der Waals surface area (Å²) in [6, 6.07) is 30.4. The summed E-state index contributed by atoms with van der Waals surface area (Å²) in [5, 5.41) is 0. The second-order valence-electron chi connectivity index (χ2n) is 9.32. The Bertz CT molecular complexity index is 1540. The number of carbonyl (C=O) groups is 1. The average molecular weight is 489 g/mol. The molecule has 0 saturated carbocycles. The summed E-state index contributed by atoms with van der Waals surface area (Å²) in [7, 11) is 3.17. The topological polar surface area (TPSA) is 42.0 Å². The Morgan fingerprint density at radius 1 is 0.757 bits per heavy atom. The zero-order valence-electron chi connectivity index (χ0n) is 21.1. The molecule has 2 aliphatic rings. The van der Waals surface area contributed by atoms with Crippen LogP contribution in [0.25, 0.3) is 16.8 Å². The van der Waals surface area contributed by atoms with E-state index in [2.05, 4.69) is 72.5 Å². The fraction of sp³-hybridized carbons (Fsp3) is 0.156. The number of benzene rings is 4. The van der Waals surface area contributed by atoms with Crippen LogP contribution >= 0.6 is 0 Å². The molecule has 4 aromatic carbocycles. The molecular weight excluding hydrogens is 460 g/mol. The normalized spacial score (nSPS) is 15.8. The zero-order valence-corrected chi connectivity index (χ0v) is 21.1. The molecule has 5 heteroatoms. The van der Waals surface area contributed by atoms with Crippen LogP contribution in [0.2, 0.25) is 0 Å². The maximum absolute atomic E-state index is 13.9. The third-order valence-corrected chi connectivity index (χ3v) is 7.22. The van der Waals surface area contributed by atoms with Crippen LogP contribution in [-0.4, -0.2) is 26.2 Å². The van der Waals surface area contributed by atoms with Crippen LogP contribution in [0.1, 0.15) is 28.4 Å². The highest BCUT2D eigenvalue weighted by molar-refractivity contribution is 6.10. The van der Waals surface area contributed by atoms with E-state index < -0.39 is 0 Å². The van der Waals surface area contributed by atoms with E-state index in [0.29, 0.717) is 17.1 Å². The Labute approximate surface area is 217 Å². The predicted octanol–water partition coefficient (Wildman–Crippen LogP) is 6.78. The molecule has 0 fully saturated rings. The molecule has 1 amide bonds. The van der Waals surface area contributed by atoms with Gasteiger partial charge < -0.3 is 19.3 Å². The monoisotopic (exact) mass is 488 g/mol. The van der Waals surface area contributed by atoms with Crippen molar-refractivity contribution in [1.82, 2.24) is 0 Å². The van der Waals surface area contributed by atoms with Gasteiger partial charge in [-0.15, -0.1) is 0 Å². The minimum atomic E-state index is -0.158. The molecule has 4 aromatic rings. The van der Waals surface area contributed by atoms with Gasteiger partial charge in [0.05, 0.1) is 25.9 Å². The largest absolute Gasteiger partial charge is 0.493 e. The summed E-state index contributed by atoms with van der Waals surface area (Å²) in [6.07, 6.45) is 2.20. The van der Waals surface area contributed by atoms with Gasteiger partial charge in [0.2, 0.25) is 0 Å². The number of hydrogen-bond acceptors (Lipinski definition) is 4. The first-order valence-electron chi connectivity index (χ1n) is 12.4. The first-order valence-corrected chi connectivity index (χ1v) is 12.4. The minimum Gasteiger partial charge on any atom is -0.493 e. The first-order chi connectivity index (χ1) is 18.1. The van der Waals surface area contributed by atoms with Crippen LogP contribution < -0.4 is 19.3 Å². The molecular formula is C32H28N2O3. The minimum absolute atomic E-state index is 0.0828. The van der Waals surface area contributed by atoms with Crippen molar-refractivity contribution in [1.29, 1.82) is 0 Å². The molecule has 2 heterocycles. The van der Waals surface area contributed by atoms with Crippen LogP contribution in [0.15, 0.2) is 97.1 Å². The number of fused-ring (bicyclic) bond motifs is 4. The van der Waals surface area contributed by atoms with Gasteiger partial charge in [0.25, 0.3) is 5.91 Å². The molecule has 0 spiro atoms. The second-order valence-corrected chi connectivity index (χ2v) is 9.32. The van der Waals surface area contributed by atoms with Crippen molar-refractivity contribution in [2.24, 2.45) is 0 Å². The summed E-state index contributed by atoms with van der Waals surface area (Å²) in [4.78, 5) is 18.1. The number of hydrogen-bond donors (Lipinski definition) is 0. The van der Waals surface area contributed by atoms with Gasteiger partial charge in [-0.2, -0.15) is 0 Å².